The van der Waals surface area contributed by atoms with E-state index in [2.05, 4.69) is 20.6 Å². The summed E-state index contributed by atoms with van der Waals surface area (Å²) in [5.74, 6) is 0.945. The smallest absolute Gasteiger partial charge is 0.337 e. The molecule has 0 aliphatic carbocycles. The van der Waals surface area contributed by atoms with Crippen molar-refractivity contribution in [1.82, 2.24) is 9.97 Å². The van der Waals surface area contributed by atoms with Crippen molar-refractivity contribution in [2.75, 3.05) is 24.3 Å². The molecule has 0 radical (unpaired) electrons. The van der Waals surface area contributed by atoms with Crippen LogP contribution >= 0.6 is 11.6 Å². The minimum absolute atomic E-state index is 0.385. The van der Waals surface area contributed by atoms with Gasteiger partial charge in [0.05, 0.1) is 12.7 Å². The molecular formula is C20H19ClN4O2. The van der Waals surface area contributed by atoms with E-state index in [1.54, 1.807) is 18.2 Å². The number of methoxy groups -OCH3 is 1. The third-order valence-electron chi connectivity index (χ3n) is 3.83. The van der Waals surface area contributed by atoms with Gasteiger partial charge >= 0.3 is 5.97 Å². The molecule has 138 valence electrons. The zero-order valence-corrected chi connectivity index (χ0v) is 15.5. The lowest BCUT2D eigenvalue weighted by Crippen LogP contribution is -2.07. The lowest BCUT2D eigenvalue weighted by Gasteiger charge is -2.09. The van der Waals surface area contributed by atoms with Crippen LogP contribution in [0.4, 0.5) is 17.3 Å². The third kappa shape index (κ3) is 5.43. The second kappa shape index (κ2) is 9.00. The first kappa shape index (κ1) is 18.7. The van der Waals surface area contributed by atoms with Crippen molar-refractivity contribution >= 4 is 34.9 Å². The van der Waals surface area contributed by atoms with E-state index in [1.165, 1.54) is 13.4 Å². The van der Waals surface area contributed by atoms with Crippen molar-refractivity contribution in [3.05, 3.63) is 77.1 Å². The summed E-state index contributed by atoms with van der Waals surface area (Å²) in [6, 6.07) is 16.6. The molecule has 1 aromatic heterocycles. The predicted octanol–water partition coefficient (Wildman–Crippen LogP) is 4.31. The summed E-state index contributed by atoms with van der Waals surface area (Å²) in [7, 11) is 1.36. The fraction of sp³-hybridized carbons (Fsp3) is 0.150. The summed E-state index contributed by atoms with van der Waals surface area (Å²) in [6.07, 6.45) is 2.31. The summed E-state index contributed by atoms with van der Waals surface area (Å²) < 4.78 is 4.74. The largest absolute Gasteiger partial charge is 0.465 e. The Hall–Kier alpha value is -3.12. The maximum atomic E-state index is 11.6. The van der Waals surface area contributed by atoms with Crippen LogP contribution in [0.15, 0.2) is 60.9 Å². The standard InChI is InChI=1S/C20H19ClN4O2/c1-27-20(26)15-5-3-7-17(11-15)25-19-12-18(23-13-24-19)22-9-8-14-4-2-6-16(21)10-14/h2-7,10-13H,8-9H2,1H3,(H2,22,23,24,25). The van der Waals surface area contributed by atoms with Gasteiger partial charge in [0.15, 0.2) is 0 Å². The lowest BCUT2D eigenvalue weighted by molar-refractivity contribution is 0.0601. The van der Waals surface area contributed by atoms with Crippen molar-refractivity contribution in [2.45, 2.75) is 6.42 Å². The van der Waals surface area contributed by atoms with Crippen molar-refractivity contribution in [3.63, 3.8) is 0 Å². The highest BCUT2D eigenvalue weighted by Gasteiger charge is 2.06. The Balaban J connectivity index is 1.61. The molecule has 0 unspecified atom stereocenters. The number of esters is 1. The van der Waals surface area contributed by atoms with Crippen LogP contribution in [0.1, 0.15) is 15.9 Å². The van der Waals surface area contributed by atoms with Gasteiger partial charge in [0.25, 0.3) is 0 Å². The second-order valence-corrected chi connectivity index (χ2v) is 6.23. The Morgan fingerprint density at radius 1 is 1.07 bits per heavy atom. The first-order valence-electron chi connectivity index (χ1n) is 8.40. The third-order valence-corrected chi connectivity index (χ3v) is 4.07. The Morgan fingerprint density at radius 3 is 2.70 bits per heavy atom. The molecule has 0 aliphatic heterocycles. The Bertz CT molecular complexity index is 933. The average molecular weight is 383 g/mol. The minimum Gasteiger partial charge on any atom is -0.465 e. The molecule has 0 saturated heterocycles. The van der Waals surface area contributed by atoms with Crippen LogP contribution in [-0.2, 0) is 11.2 Å². The molecule has 3 rings (SSSR count). The number of halogens is 1. The molecule has 6 nitrogen and oxygen atoms in total. The molecular weight excluding hydrogens is 364 g/mol. The van der Waals surface area contributed by atoms with E-state index in [4.69, 9.17) is 16.3 Å². The van der Waals surface area contributed by atoms with Gasteiger partial charge < -0.3 is 15.4 Å². The van der Waals surface area contributed by atoms with Gasteiger partial charge in [-0.3, -0.25) is 0 Å². The molecule has 0 spiro atoms. The fourth-order valence-electron chi connectivity index (χ4n) is 2.54. The highest BCUT2D eigenvalue weighted by Crippen LogP contribution is 2.18. The first-order valence-corrected chi connectivity index (χ1v) is 8.77. The maximum absolute atomic E-state index is 11.6. The van der Waals surface area contributed by atoms with E-state index < -0.39 is 0 Å². The highest BCUT2D eigenvalue weighted by molar-refractivity contribution is 6.30. The minimum atomic E-state index is -0.385. The number of carbonyl (C=O) groups excluding carboxylic acids is 1. The Morgan fingerprint density at radius 2 is 1.89 bits per heavy atom. The summed E-state index contributed by atoms with van der Waals surface area (Å²) >= 11 is 6.00. The SMILES string of the molecule is COC(=O)c1cccc(Nc2cc(NCCc3cccc(Cl)c3)ncn2)c1. The highest BCUT2D eigenvalue weighted by atomic mass is 35.5. The molecule has 0 aliphatic rings. The van der Waals surface area contributed by atoms with Crippen molar-refractivity contribution in [3.8, 4) is 0 Å². The monoisotopic (exact) mass is 382 g/mol. The number of aromatic nitrogens is 2. The first-order chi connectivity index (χ1) is 13.1. The number of rotatable bonds is 7. The molecule has 2 N–H and O–H groups in total. The number of anilines is 3. The van der Waals surface area contributed by atoms with Crippen LogP contribution in [-0.4, -0.2) is 29.6 Å². The van der Waals surface area contributed by atoms with Gasteiger partial charge in [-0.1, -0.05) is 29.8 Å². The predicted molar refractivity (Wildman–Crippen MR) is 107 cm³/mol. The number of hydrogen-bond donors (Lipinski definition) is 2. The Labute approximate surface area is 162 Å². The van der Waals surface area contributed by atoms with E-state index in [0.29, 0.717) is 23.7 Å². The van der Waals surface area contributed by atoms with E-state index >= 15 is 0 Å². The van der Waals surface area contributed by atoms with Gasteiger partial charge in [0.1, 0.15) is 18.0 Å². The van der Waals surface area contributed by atoms with Crippen LogP contribution < -0.4 is 10.6 Å². The molecule has 0 saturated carbocycles. The lowest BCUT2D eigenvalue weighted by atomic mass is 10.1. The molecule has 3 aromatic rings. The van der Waals surface area contributed by atoms with Gasteiger partial charge in [-0.2, -0.15) is 0 Å². The number of nitrogens with zero attached hydrogens (tertiary/aromatic N) is 2. The van der Waals surface area contributed by atoms with Gasteiger partial charge in [0.2, 0.25) is 0 Å². The van der Waals surface area contributed by atoms with Crippen LogP contribution in [0, 0.1) is 0 Å². The van der Waals surface area contributed by atoms with Gasteiger partial charge in [0, 0.05) is 23.3 Å². The molecule has 1 heterocycles. The van der Waals surface area contributed by atoms with E-state index in [0.717, 1.165) is 22.7 Å². The summed E-state index contributed by atoms with van der Waals surface area (Å²) in [4.78, 5) is 20.1. The van der Waals surface area contributed by atoms with Crippen molar-refractivity contribution < 1.29 is 9.53 Å². The number of benzene rings is 2. The maximum Gasteiger partial charge on any atom is 0.337 e. The molecule has 2 aromatic carbocycles. The van der Waals surface area contributed by atoms with Gasteiger partial charge in [-0.25, -0.2) is 14.8 Å². The van der Waals surface area contributed by atoms with Crippen LogP contribution in [0.5, 0.6) is 0 Å². The molecule has 0 amide bonds. The quantitative estimate of drug-likeness (QED) is 0.593. The fourth-order valence-corrected chi connectivity index (χ4v) is 2.75. The van der Waals surface area contributed by atoms with Crippen LogP contribution in [0.3, 0.4) is 0 Å². The zero-order chi connectivity index (χ0) is 19.1. The normalized spacial score (nSPS) is 10.3. The molecule has 0 atom stereocenters. The van der Waals surface area contributed by atoms with E-state index in [-0.39, 0.29) is 5.97 Å². The Kier molecular flexibility index (Phi) is 6.22. The van der Waals surface area contributed by atoms with E-state index in [1.807, 2.05) is 36.4 Å². The zero-order valence-electron chi connectivity index (χ0n) is 14.8. The average Bonchev–Trinajstić information content (AvgIpc) is 2.68. The van der Waals surface area contributed by atoms with Crippen LogP contribution in [0.2, 0.25) is 5.02 Å². The number of ether oxygens (including phenoxy) is 1. The molecule has 0 bridgehead atoms. The molecule has 27 heavy (non-hydrogen) atoms. The second-order valence-electron chi connectivity index (χ2n) is 5.79. The van der Waals surface area contributed by atoms with Crippen LogP contribution in [0.25, 0.3) is 0 Å². The summed E-state index contributed by atoms with van der Waals surface area (Å²) in [5.41, 5.74) is 2.36. The summed E-state index contributed by atoms with van der Waals surface area (Å²) in [6.45, 7) is 0.717. The molecule has 7 heteroatoms. The van der Waals surface area contributed by atoms with Crippen molar-refractivity contribution in [1.29, 1.82) is 0 Å². The molecule has 0 fully saturated rings. The summed E-state index contributed by atoms with van der Waals surface area (Å²) in [5, 5.41) is 7.16. The van der Waals surface area contributed by atoms with Gasteiger partial charge in [-0.15, -0.1) is 0 Å². The van der Waals surface area contributed by atoms with E-state index in [9.17, 15) is 4.79 Å². The van der Waals surface area contributed by atoms with Crippen molar-refractivity contribution in [2.24, 2.45) is 0 Å². The van der Waals surface area contributed by atoms with Gasteiger partial charge in [-0.05, 0) is 42.3 Å². The topological polar surface area (TPSA) is 76.1 Å². The number of nitrogens with one attached hydrogen (secondary N) is 2. The number of carbonyl (C=O) groups is 1. The number of hydrogen-bond acceptors (Lipinski definition) is 6.